The highest BCUT2D eigenvalue weighted by Crippen LogP contribution is 2.28. The van der Waals surface area contributed by atoms with Crippen molar-refractivity contribution in [3.8, 4) is 5.69 Å². The summed E-state index contributed by atoms with van der Waals surface area (Å²) in [6.45, 7) is 6.65. The fraction of sp³-hybridized carbons (Fsp3) is 0.333. The fourth-order valence-corrected chi connectivity index (χ4v) is 2.90. The van der Waals surface area contributed by atoms with E-state index in [1.807, 2.05) is 4.68 Å². The Labute approximate surface area is 122 Å². The summed E-state index contributed by atoms with van der Waals surface area (Å²) in [6.07, 6.45) is 0. The summed E-state index contributed by atoms with van der Waals surface area (Å²) in [5.41, 5.74) is 12.1. The molecule has 2 heterocycles. The average Bonchev–Trinajstić information content (AvgIpc) is 2.92. The molecule has 3 aromatic rings. The Kier molecular flexibility index (Phi) is 3.17. The zero-order valence-corrected chi connectivity index (χ0v) is 12.7. The standard InChI is InChI=1S/C15H19N5O/c1-8-5-9(2)13(10(3)6-8)20-15-12(14(16)17-18-15)11(19-20)7-21-4/h5-6H,7H2,1-4H3,(H3,16,17,18). The first-order valence-corrected chi connectivity index (χ1v) is 6.81. The number of anilines is 1. The molecule has 110 valence electrons. The lowest BCUT2D eigenvalue weighted by molar-refractivity contribution is 0.182. The van der Waals surface area contributed by atoms with Crippen molar-refractivity contribution in [1.29, 1.82) is 0 Å². The molecule has 0 bridgehead atoms. The lowest BCUT2D eigenvalue weighted by Crippen LogP contribution is -2.04. The molecule has 1 aromatic carbocycles. The minimum absolute atomic E-state index is 0.400. The number of fused-ring (bicyclic) bond motifs is 1. The van der Waals surface area contributed by atoms with E-state index in [0.29, 0.717) is 12.4 Å². The molecule has 0 aliphatic rings. The van der Waals surface area contributed by atoms with Gasteiger partial charge in [-0.25, -0.2) is 4.68 Å². The van der Waals surface area contributed by atoms with Crippen molar-refractivity contribution < 1.29 is 4.74 Å². The van der Waals surface area contributed by atoms with Gasteiger partial charge in [0.1, 0.15) is 11.5 Å². The predicted molar refractivity (Wildman–Crippen MR) is 82.6 cm³/mol. The number of ether oxygens (including phenoxy) is 1. The molecule has 0 fully saturated rings. The van der Waals surface area contributed by atoms with Crippen molar-refractivity contribution in [2.24, 2.45) is 0 Å². The van der Waals surface area contributed by atoms with Crippen molar-refractivity contribution in [1.82, 2.24) is 20.0 Å². The quantitative estimate of drug-likeness (QED) is 0.774. The smallest absolute Gasteiger partial charge is 0.186 e. The fourth-order valence-electron chi connectivity index (χ4n) is 2.90. The molecule has 0 spiro atoms. The molecule has 2 aromatic heterocycles. The number of benzene rings is 1. The largest absolute Gasteiger partial charge is 0.383 e. The first kappa shape index (κ1) is 13.6. The molecular formula is C15H19N5O. The molecular weight excluding hydrogens is 266 g/mol. The summed E-state index contributed by atoms with van der Waals surface area (Å²) in [4.78, 5) is 0. The number of nitrogens with one attached hydrogen (secondary N) is 1. The highest BCUT2D eigenvalue weighted by atomic mass is 16.5. The van der Waals surface area contributed by atoms with Gasteiger partial charge in [0.05, 0.1) is 17.7 Å². The van der Waals surface area contributed by atoms with Crippen LogP contribution in [-0.4, -0.2) is 27.1 Å². The number of aryl methyl sites for hydroxylation is 3. The Morgan fingerprint density at radius 3 is 2.52 bits per heavy atom. The molecule has 3 rings (SSSR count). The third-order valence-corrected chi connectivity index (χ3v) is 3.61. The van der Waals surface area contributed by atoms with Crippen LogP contribution < -0.4 is 5.73 Å². The van der Waals surface area contributed by atoms with Crippen molar-refractivity contribution in [3.05, 3.63) is 34.5 Å². The second kappa shape index (κ2) is 4.89. The molecule has 0 saturated heterocycles. The summed E-state index contributed by atoms with van der Waals surface area (Å²) < 4.78 is 7.06. The second-order valence-corrected chi connectivity index (χ2v) is 5.37. The van der Waals surface area contributed by atoms with Crippen molar-refractivity contribution in [2.75, 3.05) is 12.8 Å². The number of nitrogens with two attached hydrogens (primary N) is 1. The number of methoxy groups -OCH3 is 1. The van der Waals surface area contributed by atoms with E-state index >= 15 is 0 Å². The van der Waals surface area contributed by atoms with Gasteiger partial charge in [-0.1, -0.05) is 17.7 Å². The summed E-state index contributed by atoms with van der Waals surface area (Å²) in [5, 5.41) is 12.6. The molecule has 0 saturated carbocycles. The Hall–Kier alpha value is -2.34. The van der Waals surface area contributed by atoms with Gasteiger partial charge < -0.3 is 10.5 Å². The Balaban J connectivity index is 2.31. The van der Waals surface area contributed by atoms with Crippen molar-refractivity contribution in [3.63, 3.8) is 0 Å². The third kappa shape index (κ3) is 2.08. The summed E-state index contributed by atoms with van der Waals surface area (Å²) in [5.74, 6) is 0.519. The normalized spacial score (nSPS) is 11.4. The Morgan fingerprint density at radius 1 is 1.24 bits per heavy atom. The van der Waals surface area contributed by atoms with Gasteiger partial charge in [0, 0.05) is 7.11 Å². The number of nitrogens with zero attached hydrogens (tertiary/aromatic N) is 3. The van der Waals surface area contributed by atoms with Crippen LogP contribution in [0.3, 0.4) is 0 Å². The molecule has 0 radical (unpaired) electrons. The third-order valence-electron chi connectivity index (χ3n) is 3.61. The van der Waals surface area contributed by atoms with Gasteiger partial charge in [-0.3, -0.25) is 5.10 Å². The SMILES string of the molecule is COCc1nn(-c2c(C)cc(C)cc2C)c2n[nH]c(N)c12. The van der Waals surface area contributed by atoms with Crippen LogP contribution in [0.2, 0.25) is 0 Å². The topological polar surface area (TPSA) is 81.8 Å². The van der Waals surface area contributed by atoms with Crippen LogP contribution in [0, 0.1) is 20.8 Å². The van der Waals surface area contributed by atoms with E-state index in [-0.39, 0.29) is 0 Å². The van der Waals surface area contributed by atoms with Crippen molar-refractivity contribution in [2.45, 2.75) is 27.4 Å². The zero-order valence-electron chi connectivity index (χ0n) is 12.7. The van der Waals surface area contributed by atoms with Crippen LogP contribution in [0.15, 0.2) is 12.1 Å². The molecule has 0 amide bonds. The monoisotopic (exact) mass is 285 g/mol. The van der Waals surface area contributed by atoms with Gasteiger partial charge in [0.15, 0.2) is 5.65 Å². The zero-order chi connectivity index (χ0) is 15.1. The second-order valence-electron chi connectivity index (χ2n) is 5.37. The lowest BCUT2D eigenvalue weighted by atomic mass is 10.1. The molecule has 0 atom stereocenters. The lowest BCUT2D eigenvalue weighted by Gasteiger charge is -2.11. The molecule has 6 heteroatoms. The number of hydrogen-bond donors (Lipinski definition) is 2. The van der Waals surface area contributed by atoms with Gasteiger partial charge in [-0.15, -0.1) is 0 Å². The van der Waals surface area contributed by atoms with Gasteiger partial charge in [-0.05, 0) is 31.9 Å². The highest BCUT2D eigenvalue weighted by Gasteiger charge is 2.19. The predicted octanol–water partition coefficient (Wildman–Crippen LogP) is 2.40. The van der Waals surface area contributed by atoms with Gasteiger partial charge in [0.25, 0.3) is 0 Å². The van der Waals surface area contributed by atoms with Crippen LogP contribution in [0.4, 0.5) is 5.82 Å². The number of aromatic amines is 1. The van der Waals surface area contributed by atoms with E-state index in [1.165, 1.54) is 5.56 Å². The van der Waals surface area contributed by atoms with Crippen LogP contribution in [0.25, 0.3) is 16.7 Å². The van der Waals surface area contributed by atoms with Crippen LogP contribution in [0.5, 0.6) is 0 Å². The average molecular weight is 285 g/mol. The molecule has 6 nitrogen and oxygen atoms in total. The Bertz CT molecular complexity index is 792. The number of H-pyrrole nitrogens is 1. The number of rotatable bonds is 3. The van der Waals surface area contributed by atoms with Crippen LogP contribution in [-0.2, 0) is 11.3 Å². The molecule has 21 heavy (non-hydrogen) atoms. The van der Waals surface area contributed by atoms with Gasteiger partial charge >= 0.3 is 0 Å². The van der Waals surface area contributed by atoms with Gasteiger partial charge in [0.2, 0.25) is 0 Å². The summed E-state index contributed by atoms with van der Waals surface area (Å²) >= 11 is 0. The van der Waals surface area contributed by atoms with E-state index in [2.05, 4.69) is 48.2 Å². The highest BCUT2D eigenvalue weighted by molar-refractivity contribution is 5.90. The first-order chi connectivity index (χ1) is 10.0. The molecule has 0 unspecified atom stereocenters. The first-order valence-electron chi connectivity index (χ1n) is 6.81. The van der Waals surface area contributed by atoms with E-state index in [0.717, 1.165) is 33.5 Å². The van der Waals surface area contributed by atoms with E-state index < -0.39 is 0 Å². The minimum Gasteiger partial charge on any atom is -0.383 e. The maximum atomic E-state index is 5.97. The summed E-state index contributed by atoms with van der Waals surface area (Å²) in [6, 6.07) is 4.28. The summed E-state index contributed by atoms with van der Waals surface area (Å²) in [7, 11) is 1.64. The van der Waals surface area contributed by atoms with Crippen molar-refractivity contribution >= 4 is 16.9 Å². The van der Waals surface area contributed by atoms with E-state index in [9.17, 15) is 0 Å². The molecule has 0 aliphatic heterocycles. The van der Waals surface area contributed by atoms with E-state index in [4.69, 9.17) is 10.5 Å². The Morgan fingerprint density at radius 2 is 1.90 bits per heavy atom. The van der Waals surface area contributed by atoms with Crippen LogP contribution in [0.1, 0.15) is 22.4 Å². The van der Waals surface area contributed by atoms with Crippen LogP contribution >= 0.6 is 0 Å². The maximum Gasteiger partial charge on any atom is 0.186 e. The van der Waals surface area contributed by atoms with E-state index in [1.54, 1.807) is 7.11 Å². The molecule has 3 N–H and O–H groups in total. The number of aromatic nitrogens is 4. The van der Waals surface area contributed by atoms with Gasteiger partial charge in [-0.2, -0.15) is 10.2 Å². The number of hydrogen-bond acceptors (Lipinski definition) is 4. The number of nitrogen functional groups attached to an aromatic ring is 1. The maximum absolute atomic E-state index is 5.97. The molecule has 0 aliphatic carbocycles. The minimum atomic E-state index is 0.400.